The average molecular weight is 618 g/mol. The maximum absolute atomic E-state index is 14.2. The van der Waals surface area contributed by atoms with Gasteiger partial charge in [0.05, 0.1) is 12.6 Å². The van der Waals surface area contributed by atoms with E-state index in [1.54, 1.807) is 34.6 Å². The summed E-state index contributed by atoms with van der Waals surface area (Å²) < 4.78 is 5.45. The van der Waals surface area contributed by atoms with Crippen LogP contribution in [0.3, 0.4) is 0 Å². The van der Waals surface area contributed by atoms with Crippen LogP contribution in [0.25, 0.3) is 0 Å². The molecule has 1 saturated heterocycles. The highest BCUT2D eigenvalue weighted by atomic mass is 16.5. The third kappa shape index (κ3) is 9.28. The number of rotatable bonds is 13. The zero-order valence-corrected chi connectivity index (χ0v) is 27.5. The minimum atomic E-state index is -1.11. The van der Waals surface area contributed by atoms with Gasteiger partial charge in [-0.2, -0.15) is 0 Å². The molecule has 3 fully saturated rings. The first-order valence-corrected chi connectivity index (χ1v) is 15.7. The fraction of sp³-hybridized carbons (Fsp3) is 0.750. The Kier molecular flexibility index (Phi) is 10.9. The Morgan fingerprint density at radius 3 is 2.11 bits per heavy atom. The first-order chi connectivity index (χ1) is 20.3. The van der Waals surface area contributed by atoms with Gasteiger partial charge in [-0.15, -0.1) is 0 Å². The normalized spacial score (nSPS) is 22.0. The Bertz CT molecular complexity index is 1190. The summed E-state index contributed by atoms with van der Waals surface area (Å²) in [7, 11) is 0. The van der Waals surface area contributed by atoms with Gasteiger partial charge in [-0.1, -0.05) is 54.4 Å². The van der Waals surface area contributed by atoms with Gasteiger partial charge in [0.25, 0.3) is 5.91 Å². The molecule has 4 atom stereocenters. The molecule has 1 aliphatic heterocycles. The number of hydrogen-bond donors (Lipinski definition) is 4. The maximum Gasteiger partial charge on any atom is 0.354 e. The lowest BCUT2D eigenvalue weighted by Crippen LogP contribution is -2.60. The van der Waals surface area contributed by atoms with Crippen molar-refractivity contribution in [3.63, 3.8) is 0 Å². The maximum atomic E-state index is 14.2. The molecule has 0 radical (unpaired) electrons. The molecule has 12 heteroatoms. The van der Waals surface area contributed by atoms with Crippen LogP contribution in [0.15, 0.2) is 11.3 Å². The molecule has 246 valence electrons. The lowest BCUT2D eigenvalue weighted by Gasteiger charge is -2.35. The van der Waals surface area contributed by atoms with Crippen LogP contribution < -0.4 is 21.7 Å². The number of amides is 5. The second-order valence-electron chi connectivity index (χ2n) is 14.9. The fourth-order valence-corrected chi connectivity index (χ4v) is 5.35. The van der Waals surface area contributed by atoms with Crippen molar-refractivity contribution < 1.29 is 33.5 Å². The number of allylic oxidation sites excluding steroid dienone is 1. The zero-order valence-electron chi connectivity index (χ0n) is 27.5. The van der Waals surface area contributed by atoms with Crippen LogP contribution in [0, 0.1) is 28.6 Å². The summed E-state index contributed by atoms with van der Waals surface area (Å²) in [6, 6.07) is -3.76. The van der Waals surface area contributed by atoms with Crippen molar-refractivity contribution >= 4 is 35.5 Å². The first kappa shape index (κ1) is 35.0. The average Bonchev–Trinajstić information content (AvgIpc) is 3.84. The van der Waals surface area contributed by atoms with Gasteiger partial charge >= 0.3 is 12.0 Å². The van der Waals surface area contributed by atoms with Crippen LogP contribution >= 0.6 is 0 Å². The molecule has 3 rings (SSSR count). The van der Waals surface area contributed by atoms with Gasteiger partial charge < -0.3 is 31.3 Å². The number of esters is 1. The standard InChI is InChI=1S/C32H51N5O7/c1-17(2)20-14-22(27(40)34-21(13-19-9-10-19)24(38)26(33)39)37(15-20)28(41)25(31(5,6)7)36-30(43)35-23(18(3)4)29(42)44-16-32(8)11-12-32/h17,19-22,25H,9-16H2,1-8H3,(H2,33,39)(H,34,40)(H2,35,36,43)/t20-,21?,22+,25-/m1/s1. The monoisotopic (exact) mass is 617 g/mol. The molecule has 2 saturated carbocycles. The number of primary amides is 1. The van der Waals surface area contributed by atoms with Gasteiger partial charge in [0.2, 0.25) is 17.6 Å². The minimum absolute atomic E-state index is 0.00163. The number of hydrogen-bond acceptors (Lipinski definition) is 7. The molecule has 12 nitrogen and oxygen atoms in total. The SMILES string of the molecule is CC(C)=C(NC(=O)N[C@H](C(=O)N1C[C@H](C(C)C)C[C@H]1C(=O)NC(CC1CC1)C(=O)C(N)=O)C(C)(C)C)C(=O)OCC1(C)CC1. The van der Waals surface area contributed by atoms with Crippen LogP contribution in [0.2, 0.25) is 0 Å². The molecular formula is C32H51N5O7. The van der Waals surface area contributed by atoms with E-state index in [0.717, 1.165) is 25.7 Å². The van der Waals surface area contributed by atoms with Gasteiger partial charge in [0, 0.05) is 12.0 Å². The number of nitrogens with two attached hydrogens (primary N) is 1. The third-order valence-electron chi connectivity index (χ3n) is 8.99. The highest BCUT2D eigenvalue weighted by Gasteiger charge is 2.46. The van der Waals surface area contributed by atoms with E-state index in [1.165, 1.54) is 4.90 Å². The van der Waals surface area contributed by atoms with Gasteiger partial charge in [-0.05, 0) is 68.3 Å². The van der Waals surface area contributed by atoms with Crippen molar-refractivity contribution in [1.29, 1.82) is 0 Å². The van der Waals surface area contributed by atoms with Crippen molar-refractivity contribution in [2.75, 3.05) is 13.2 Å². The van der Waals surface area contributed by atoms with E-state index >= 15 is 0 Å². The summed E-state index contributed by atoms with van der Waals surface area (Å²) in [5, 5.41) is 8.03. The van der Waals surface area contributed by atoms with E-state index < -0.39 is 59.0 Å². The van der Waals surface area contributed by atoms with Crippen molar-refractivity contribution in [2.24, 2.45) is 34.3 Å². The molecule has 1 unspecified atom stereocenters. The van der Waals surface area contributed by atoms with Gasteiger partial charge in [-0.3, -0.25) is 19.2 Å². The van der Waals surface area contributed by atoms with Gasteiger partial charge in [-0.25, -0.2) is 9.59 Å². The van der Waals surface area contributed by atoms with Crippen LogP contribution in [0.4, 0.5) is 4.79 Å². The first-order valence-electron chi connectivity index (χ1n) is 15.7. The zero-order chi connectivity index (χ0) is 33.1. The van der Waals surface area contributed by atoms with Crippen molar-refractivity contribution in [3.8, 4) is 0 Å². The summed E-state index contributed by atoms with van der Waals surface area (Å²) in [5.74, 6) is -3.21. The van der Waals surface area contributed by atoms with E-state index in [-0.39, 0.29) is 42.0 Å². The summed E-state index contributed by atoms with van der Waals surface area (Å²) in [6.07, 6.45) is 4.46. The van der Waals surface area contributed by atoms with Crippen molar-refractivity contribution in [1.82, 2.24) is 20.9 Å². The number of ether oxygens (including phenoxy) is 1. The molecule has 3 aliphatic rings. The molecule has 5 amide bonds. The summed E-state index contributed by atoms with van der Waals surface area (Å²) >= 11 is 0. The minimum Gasteiger partial charge on any atom is -0.460 e. The molecule has 0 bridgehead atoms. The highest BCUT2D eigenvalue weighted by molar-refractivity contribution is 6.37. The summed E-state index contributed by atoms with van der Waals surface area (Å²) in [6.45, 7) is 15.3. The number of nitrogens with zero attached hydrogens (tertiary/aromatic N) is 1. The molecule has 0 aromatic heterocycles. The van der Waals surface area contributed by atoms with E-state index in [4.69, 9.17) is 10.5 Å². The summed E-state index contributed by atoms with van der Waals surface area (Å²) in [4.78, 5) is 79.5. The largest absolute Gasteiger partial charge is 0.460 e. The predicted octanol–water partition coefficient (Wildman–Crippen LogP) is 2.55. The Morgan fingerprint density at radius 2 is 1.64 bits per heavy atom. The molecular weight excluding hydrogens is 566 g/mol. The molecule has 2 aliphatic carbocycles. The Labute approximate surface area is 260 Å². The highest BCUT2D eigenvalue weighted by Crippen LogP contribution is 2.45. The Balaban J connectivity index is 1.78. The number of ketones is 1. The van der Waals surface area contributed by atoms with Crippen LogP contribution in [-0.4, -0.2) is 71.7 Å². The van der Waals surface area contributed by atoms with E-state index in [0.29, 0.717) is 18.4 Å². The van der Waals surface area contributed by atoms with Crippen molar-refractivity contribution in [3.05, 3.63) is 11.3 Å². The fourth-order valence-electron chi connectivity index (χ4n) is 5.35. The molecule has 5 N–H and O–H groups in total. The number of carbonyl (C=O) groups excluding carboxylic acids is 6. The van der Waals surface area contributed by atoms with E-state index in [9.17, 15) is 28.8 Å². The Hall–Kier alpha value is -3.44. The predicted molar refractivity (Wildman–Crippen MR) is 164 cm³/mol. The number of carbonyl (C=O) groups is 6. The second kappa shape index (κ2) is 13.7. The second-order valence-corrected chi connectivity index (χ2v) is 14.9. The molecule has 0 spiro atoms. The van der Waals surface area contributed by atoms with E-state index in [1.807, 2.05) is 20.8 Å². The molecule has 0 aromatic carbocycles. The topological polar surface area (TPSA) is 177 Å². The molecule has 44 heavy (non-hydrogen) atoms. The van der Waals surface area contributed by atoms with Gasteiger partial charge in [0.1, 0.15) is 17.8 Å². The number of nitrogens with one attached hydrogen (secondary N) is 3. The van der Waals surface area contributed by atoms with Gasteiger partial charge in [0.15, 0.2) is 0 Å². The molecule has 0 aromatic rings. The number of likely N-dealkylation sites (tertiary alicyclic amines) is 1. The third-order valence-corrected chi connectivity index (χ3v) is 8.99. The quantitative estimate of drug-likeness (QED) is 0.139. The van der Waals surface area contributed by atoms with E-state index in [2.05, 4.69) is 16.0 Å². The smallest absolute Gasteiger partial charge is 0.354 e. The van der Waals surface area contributed by atoms with Crippen molar-refractivity contribution in [2.45, 2.75) is 112 Å². The number of Topliss-reactive ketones (excluding diaryl/α,β-unsaturated/α-hetero) is 1. The van der Waals surface area contributed by atoms with Crippen LogP contribution in [0.1, 0.15) is 93.9 Å². The molecule has 1 heterocycles. The number of urea groups is 1. The lowest BCUT2D eigenvalue weighted by atomic mass is 9.85. The van der Waals surface area contributed by atoms with Crippen LogP contribution in [0.5, 0.6) is 0 Å². The lowest BCUT2D eigenvalue weighted by molar-refractivity contribution is -0.143. The Morgan fingerprint density at radius 1 is 1.02 bits per heavy atom. The summed E-state index contributed by atoms with van der Waals surface area (Å²) in [5.41, 5.74) is 5.02. The van der Waals surface area contributed by atoms with Crippen LogP contribution in [-0.2, 0) is 28.7 Å².